The maximum atomic E-state index is 6.00. The molecule has 0 radical (unpaired) electrons. The summed E-state index contributed by atoms with van der Waals surface area (Å²) in [5, 5.41) is 0. The highest BCUT2D eigenvalue weighted by Gasteiger charge is 2.14. The Morgan fingerprint density at radius 2 is 2.17 bits per heavy atom. The summed E-state index contributed by atoms with van der Waals surface area (Å²) in [6.07, 6.45) is 2.33. The second-order valence-corrected chi connectivity index (χ2v) is 5.56. The van der Waals surface area contributed by atoms with Gasteiger partial charge in [-0.1, -0.05) is 0 Å². The lowest BCUT2D eigenvalue weighted by atomic mass is 10.0. The van der Waals surface area contributed by atoms with Crippen LogP contribution in [-0.2, 0) is 4.74 Å². The van der Waals surface area contributed by atoms with Crippen molar-refractivity contribution >= 4 is 17.4 Å². The molecule has 1 aliphatic rings. The van der Waals surface area contributed by atoms with E-state index in [0.29, 0.717) is 6.61 Å². The highest BCUT2D eigenvalue weighted by atomic mass is 32.2. The monoisotopic (exact) mass is 267 g/mol. The van der Waals surface area contributed by atoms with Gasteiger partial charge in [-0.3, -0.25) is 0 Å². The summed E-state index contributed by atoms with van der Waals surface area (Å²) < 4.78 is 10.9. The zero-order valence-corrected chi connectivity index (χ0v) is 11.7. The molecular formula is C14H21NO2S. The van der Waals surface area contributed by atoms with Crippen molar-refractivity contribution in [1.29, 1.82) is 0 Å². The van der Waals surface area contributed by atoms with Crippen molar-refractivity contribution in [2.24, 2.45) is 5.92 Å². The molecule has 0 atom stereocenters. The first-order chi connectivity index (χ1) is 8.79. The fraction of sp³-hybridized carbons (Fsp3) is 0.571. The highest BCUT2D eigenvalue weighted by Crippen LogP contribution is 2.32. The zero-order valence-electron chi connectivity index (χ0n) is 10.9. The van der Waals surface area contributed by atoms with Gasteiger partial charge in [0.25, 0.3) is 0 Å². The van der Waals surface area contributed by atoms with Crippen molar-refractivity contribution in [1.82, 2.24) is 0 Å². The Bertz CT molecular complexity index is 378. The molecule has 1 aromatic rings. The predicted molar refractivity (Wildman–Crippen MR) is 76.3 cm³/mol. The lowest BCUT2D eigenvalue weighted by Gasteiger charge is -2.21. The first kappa shape index (κ1) is 13.6. The minimum Gasteiger partial charge on any atom is -0.494 e. The molecule has 0 bridgehead atoms. The van der Waals surface area contributed by atoms with Crippen molar-refractivity contribution in [3.63, 3.8) is 0 Å². The smallest absolute Gasteiger partial charge is 0.120 e. The van der Waals surface area contributed by atoms with Gasteiger partial charge in [0.05, 0.1) is 6.61 Å². The molecule has 1 heterocycles. The predicted octanol–water partition coefficient (Wildman–Crippen LogP) is 3.19. The number of rotatable bonds is 5. The summed E-state index contributed by atoms with van der Waals surface area (Å²) in [7, 11) is 0. The highest BCUT2D eigenvalue weighted by molar-refractivity contribution is 7.99. The van der Waals surface area contributed by atoms with Crippen LogP contribution in [0.5, 0.6) is 5.75 Å². The summed E-state index contributed by atoms with van der Waals surface area (Å²) in [5.41, 5.74) is 6.84. The van der Waals surface area contributed by atoms with Gasteiger partial charge < -0.3 is 15.2 Å². The number of anilines is 1. The molecule has 3 nitrogen and oxygen atoms in total. The minimum absolute atomic E-state index is 0.688. The molecule has 0 amide bonds. The normalized spacial score (nSPS) is 16.7. The molecule has 0 saturated carbocycles. The Morgan fingerprint density at radius 1 is 1.39 bits per heavy atom. The van der Waals surface area contributed by atoms with Crippen LogP contribution in [0.3, 0.4) is 0 Å². The average molecular weight is 267 g/mol. The van der Waals surface area contributed by atoms with Gasteiger partial charge in [-0.25, -0.2) is 0 Å². The topological polar surface area (TPSA) is 44.5 Å². The lowest BCUT2D eigenvalue weighted by molar-refractivity contribution is 0.0728. The van der Waals surface area contributed by atoms with Crippen LogP contribution in [0.2, 0.25) is 0 Å². The molecule has 100 valence electrons. The van der Waals surface area contributed by atoms with E-state index in [1.807, 2.05) is 36.9 Å². The number of nitrogens with two attached hydrogens (primary N) is 1. The van der Waals surface area contributed by atoms with E-state index in [2.05, 4.69) is 0 Å². The molecule has 18 heavy (non-hydrogen) atoms. The summed E-state index contributed by atoms with van der Waals surface area (Å²) in [6.45, 7) is 4.48. The molecule has 0 unspecified atom stereocenters. The Morgan fingerprint density at radius 3 is 2.89 bits per heavy atom. The molecular weight excluding hydrogens is 246 g/mol. The van der Waals surface area contributed by atoms with E-state index >= 15 is 0 Å². The van der Waals surface area contributed by atoms with E-state index in [1.54, 1.807) is 0 Å². The van der Waals surface area contributed by atoms with Gasteiger partial charge in [-0.2, -0.15) is 0 Å². The van der Waals surface area contributed by atoms with Crippen LogP contribution in [0.1, 0.15) is 19.8 Å². The van der Waals surface area contributed by atoms with Crippen molar-refractivity contribution < 1.29 is 9.47 Å². The van der Waals surface area contributed by atoms with Gasteiger partial charge in [0.1, 0.15) is 5.75 Å². The van der Waals surface area contributed by atoms with Crippen LogP contribution in [-0.4, -0.2) is 25.6 Å². The van der Waals surface area contributed by atoms with E-state index in [1.165, 1.54) is 0 Å². The number of hydrogen-bond donors (Lipinski definition) is 1. The van der Waals surface area contributed by atoms with Gasteiger partial charge in [0, 0.05) is 29.5 Å². The van der Waals surface area contributed by atoms with Crippen LogP contribution in [0.4, 0.5) is 5.69 Å². The van der Waals surface area contributed by atoms with Crippen molar-refractivity contribution in [2.45, 2.75) is 24.7 Å². The maximum Gasteiger partial charge on any atom is 0.120 e. The molecule has 1 aliphatic heterocycles. The van der Waals surface area contributed by atoms with Crippen molar-refractivity contribution in [3.05, 3.63) is 18.2 Å². The standard InChI is InChI=1S/C14H21NO2S/c1-2-17-12-3-4-13(15)14(9-12)18-10-11-5-7-16-8-6-11/h3-4,9,11H,2,5-8,10,15H2,1H3. The van der Waals surface area contributed by atoms with Gasteiger partial charge in [-0.15, -0.1) is 11.8 Å². The van der Waals surface area contributed by atoms with Crippen LogP contribution < -0.4 is 10.5 Å². The summed E-state index contributed by atoms with van der Waals surface area (Å²) in [4.78, 5) is 1.13. The van der Waals surface area contributed by atoms with Crippen LogP contribution in [0.15, 0.2) is 23.1 Å². The number of nitrogen functional groups attached to an aromatic ring is 1. The molecule has 1 fully saturated rings. The third-order valence-electron chi connectivity index (χ3n) is 3.11. The maximum absolute atomic E-state index is 6.00. The van der Waals surface area contributed by atoms with Crippen molar-refractivity contribution in [2.75, 3.05) is 31.3 Å². The number of benzene rings is 1. The Hall–Kier alpha value is -0.870. The number of ether oxygens (including phenoxy) is 2. The van der Waals surface area contributed by atoms with E-state index in [9.17, 15) is 0 Å². The van der Waals surface area contributed by atoms with Gasteiger partial charge in [-0.05, 0) is 43.9 Å². The molecule has 0 aromatic heterocycles. The fourth-order valence-corrected chi connectivity index (χ4v) is 3.20. The van der Waals surface area contributed by atoms with Crippen molar-refractivity contribution in [3.8, 4) is 5.75 Å². The van der Waals surface area contributed by atoms with Gasteiger partial charge >= 0.3 is 0 Å². The first-order valence-corrected chi connectivity index (χ1v) is 7.51. The number of hydrogen-bond acceptors (Lipinski definition) is 4. The Balaban J connectivity index is 1.92. The van der Waals surface area contributed by atoms with Crippen LogP contribution >= 0.6 is 11.8 Å². The summed E-state index contributed by atoms with van der Waals surface area (Å²) in [6, 6.07) is 5.90. The Labute approximate surface area is 113 Å². The molecule has 2 N–H and O–H groups in total. The summed E-state index contributed by atoms with van der Waals surface area (Å²) in [5.74, 6) is 2.77. The van der Waals surface area contributed by atoms with Gasteiger partial charge in [0.15, 0.2) is 0 Å². The average Bonchev–Trinajstić information content (AvgIpc) is 2.41. The van der Waals surface area contributed by atoms with Crippen LogP contribution in [0.25, 0.3) is 0 Å². The second-order valence-electron chi connectivity index (χ2n) is 4.50. The van der Waals surface area contributed by atoms with E-state index in [-0.39, 0.29) is 0 Å². The van der Waals surface area contributed by atoms with E-state index in [4.69, 9.17) is 15.2 Å². The Kier molecular flexibility index (Phi) is 5.20. The summed E-state index contributed by atoms with van der Waals surface area (Å²) >= 11 is 1.83. The molecule has 2 rings (SSSR count). The first-order valence-electron chi connectivity index (χ1n) is 6.52. The minimum atomic E-state index is 0.688. The molecule has 0 spiro atoms. The second kappa shape index (κ2) is 6.90. The lowest BCUT2D eigenvalue weighted by Crippen LogP contribution is -2.17. The number of thioether (sulfide) groups is 1. The SMILES string of the molecule is CCOc1ccc(N)c(SCC2CCOCC2)c1. The largest absolute Gasteiger partial charge is 0.494 e. The third kappa shape index (κ3) is 3.82. The molecule has 4 heteroatoms. The molecule has 1 saturated heterocycles. The third-order valence-corrected chi connectivity index (χ3v) is 4.41. The molecule has 1 aromatic carbocycles. The zero-order chi connectivity index (χ0) is 12.8. The quantitative estimate of drug-likeness (QED) is 0.657. The van der Waals surface area contributed by atoms with E-state index < -0.39 is 0 Å². The van der Waals surface area contributed by atoms with Gasteiger partial charge in [0.2, 0.25) is 0 Å². The van der Waals surface area contributed by atoms with Crippen LogP contribution in [0, 0.1) is 5.92 Å². The van der Waals surface area contributed by atoms with E-state index in [0.717, 1.165) is 54.1 Å². The molecule has 0 aliphatic carbocycles. The fourth-order valence-electron chi connectivity index (χ4n) is 2.02.